The minimum Gasteiger partial charge on any atom is -0.391 e. The van der Waals surface area contributed by atoms with Gasteiger partial charge in [-0.2, -0.15) is 13.2 Å². The van der Waals surface area contributed by atoms with Crippen LogP contribution >= 0.6 is 0 Å². The number of hydrogen-bond donors (Lipinski definition) is 2. The van der Waals surface area contributed by atoms with Crippen LogP contribution < -0.4 is 5.32 Å². The average Bonchev–Trinajstić information content (AvgIpc) is 2.46. The van der Waals surface area contributed by atoms with E-state index in [-0.39, 0.29) is 12.1 Å². The van der Waals surface area contributed by atoms with Crippen LogP contribution in [0.15, 0.2) is 24.3 Å². The molecule has 0 spiro atoms. The molecule has 1 aromatic carbocycles. The van der Waals surface area contributed by atoms with Crippen molar-refractivity contribution in [3.05, 3.63) is 35.4 Å². The van der Waals surface area contributed by atoms with Gasteiger partial charge < -0.3 is 15.3 Å². The number of likely N-dealkylation sites (tertiary alicyclic amines) is 1. The largest absolute Gasteiger partial charge is 0.416 e. The van der Waals surface area contributed by atoms with Gasteiger partial charge in [-0.05, 0) is 43.9 Å². The highest BCUT2D eigenvalue weighted by Crippen LogP contribution is 2.29. The molecular formula is C16H21F3N2O2. The summed E-state index contributed by atoms with van der Waals surface area (Å²) in [5, 5.41) is 12.4. The van der Waals surface area contributed by atoms with Gasteiger partial charge in [-0.3, -0.25) is 0 Å². The molecule has 7 heteroatoms. The highest BCUT2D eigenvalue weighted by atomic mass is 19.4. The first kappa shape index (κ1) is 17.6. The number of benzene rings is 1. The molecule has 2 atom stereocenters. The van der Waals surface area contributed by atoms with E-state index in [4.69, 9.17) is 0 Å². The number of piperidine rings is 1. The molecule has 0 bridgehead atoms. The van der Waals surface area contributed by atoms with Crippen LogP contribution in [0.1, 0.15) is 30.9 Å². The van der Waals surface area contributed by atoms with Crippen LogP contribution in [0.3, 0.4) is 0 Å². The number of amides is 2. The number of rotatable bonds is 3. The van der Waals surface area contributed by atoms with E-state index >= 15 is 0 Å². The van der Waals surface area contributed by atoms with Crippen LogP contribution in [-0.4, -0.2) is 41.3 Å². The summed E-state index contributed by atoms with van der Waals surface area (Å²) in [7, 11) is 0. The smallest absolute Gasteiger partial charge is 0.391 e. The number of carbonyl (C=O) groups is 1. The van der Waals surface area contributed by atoms with E-state index in [1.54, 1.807) is 11.8 Å². The first-order valence-corrected chi connectivity index (χ1v) is 7.65. The van der Waals surface area contributed by atoms with Crippen molar-refractivity contribution in [3.63, 3.8) is 0 Å². The van der Waals surface area contributed by atoms with Gasteiger partial charge in [0.25, 0.3) is 0 Å². The lowest BCUT2D eigenvalue weighted by molar-refractivity contribution is -0.137. The minimum absolute atomic E-state index is 0.210. The average molecular weight is 330 g/mol. The second-order valence-corrected chi connectivity index (χ2v) is 5.99. The molecule has 1 saturated heterocycles. The number of halogens is 3. The summed E-state index contributed by atoms with van der Waals surface area (Å²) in [5.74, 6) is 0. The van der Waals surface area contributed by atoms with Gasteiger partial charge in [-0.1, -0.05) is 12.1 Å². The maximum absolute atomic E-state index is 12.5. The number of nitrogens with one attached hydrogen (secondary N) is 1. The molecule has 2 amide bonds. The van der Waals surface area contributed by atoms with Crippen molar-refractivity contribution in [1.82, 2.24) is 10.2 Å². The number of aliphatic hydroxyl groups excluding tert-OH is 1. The second-order valence-electron chi connectivity index (χ2n) is 5.99. The van der Waals surface area contributed by atoms with E-state index in [0.717, 1.165) is 24.1 Å². The van der Waals surface area contributed by atoms with Crippen LogP contribution in [0.2, 0.25) is 0 Å². The fraction of sp³-hybridized carbons (Fsp3) is 0.562. The monoisotopic (exact) mass is 330 g/mol. The molecule has 23 heavy (non-hydrogen) atoms. The van der Waals surface area contributed by atoms with Gasteiger partial charge in [0.1, 0.15) is 0 Å². The highest BCUT2D eigenvalue weighted by Gasteiger charge is 2.30. The lowest BCUT2D eigenvalue weighted by atomic mass is 10.0. The van der Waals surface area contributed by atoms with Gasteiger partial charge >= 0.3 is 12.2 Å². The lowest BCUT2D eigenvalue weighted by Crippen LogP contribution is -2.49. The Labute approximate surface area is 133 Å². The van der Waals surface area contributed by atoms with E-state index in [2.05, 4.69) is 5.32 Å². The molecule has 0 aliphatic carbocycles. The van der Waals surface area contributed by atoms with E-state index in [1.165, 1.54) is 12.1 Å². The summed E-state index contributed by atoms with van der Waals surface area (Å²) in [6.07, 6.45) is -2.92. The number of aliphatic hydroxyl groups is 1. The van der Waals surface area contributed by atoms with Gasteiger partial charge in [0, 0.05) is 19.1 Å². The summed E-state index contributed by atoms with van der Waals surface area (Å²) in [5.41, 5.74) is 0.0460. The standard InChI is InChI=1S/C16H21F3N2O2/c1-11(20-15(23)21-8-2-3-14(22)10-21)9-12-4-6-13(7-5-12)16(17,18)19/h4-7,11,14,22H,2-3,8-10H2,1H3,(H,20,23). The number of carbonyl (C=O) groups excluding carboxylic acids is 1. The zero-order valence-electron chi connectivity index (χ0n) is 12.9. The Hall–Kier alpha value is -1.76. The maximum atomic E-state index is 12.5. The highest BCUT2D eigenvalue weighted by molar-refractivity contribution is 5.74. The van der Waals surface area contributed by atoms with Crippen LogP contribution in [0.25, 0.3) is 0 Å². The minimum atomic E-state index is -4.34. The summed E-state index contributed by atoms with van der Waals surface area (Å²) in [6, 6.07) is 4.49. The molecule has 1 aromatic rings. The van der Waals surface area contributed by atoms with Crippen LogP contribution in [0.5, 0.6) is 0 Å². The molecule has 1 aliphatic heterocycles. The molecule has 2 rings (SSSR count). The third-order valence-electron chi connectivity index (χ3n) is 3.88. The van der Waals surface area contributed by atoms with Crippen molar-refractivity contribution in [3.8, 4) is 0 Å². The Bertz CT molecular complexity index is 531. The van der Waals surface area contributed by atoms with Crippen molar-refractivity contribution in [2.75, 3.05) is 13.1 Å². The van der Waals surface area contributed by atoms with Crippen molar-refractivity contribution in [1.29, 1.82) is 0 Å². The molecule has 1 heterocycles. The van der Waals surface area contributed by atoms with Crippen molar-refractivity contribution in [2.45, 2.75) is 44.5 Å². The molecule has 1 aliphatic rings. The number of urea groups is 1. The second kappa shape index (κ2) is 7.21. The number of nitrogens with zero attached hydrogens (tertiary/aromatic N) is 1. The number of β-amino-alcohol motifs (C(OH)–C–C–N with tert-alkyl or cyclic N) is 1. The third kappa shape index (κ3) is 5.13. The molecule has 4 nitrogen and oxygen atoms in total. The molecule has 0 radical (unpaired) electrons. The van der Waals surface area contributed by atoms with Crippen molar-refractivity contribution >= 4 is 6.03 Å². The molecule has 2 N–H and O–H groups in total. The molecule has 1 fully saturated rings. The van der Waals surface area contributed by atoms with Gasteiger partial charge in [0.2, 0.25) is 0 Å². The predicted molar refractivity (Wildman–Crippen MR) is 80.0 cm³/mol. The fourth-order valence-corrected chi connectivity index (χ4v) is 2.68. The van der Waals surface area contributed by atoms with Gasteiger partial charge in [0.05, 0.1) is 11.7 Å². The third-order valence-corrected chi connectivity index (χ3v) is 3.88. The molecule has 128 valence electrons. The zero-order chi connectivity index (χ0) is 17.0. The Morgan fingerprint density at radius 1 is 1.39 bits per heavy atom. The Kier molecular flexibility index (Phi) is 5.51. The summed E-state index contributed by atoms with van der Waals surface area (Å²) in [4.78, 5) is 13.7. The van der Waals surface area contributed by atoms with Crippen LogP contribution in [0.4, 0.5) is 18.0 Å². The Morgan fingerprint density at radius 3 is 2.61 bits per heavy atom. The fourth-order valence-electron chi connectivity index (χ4n) is 2.68. The van der Waals surface area contributed by atoms with E-state index in [0.29, 0.717) is 25.9 Å². The van der Waals surface area contributed by atoms with Crippen LogP contribution in [-0.2, 0) is 12.6 Å². The summed E-state index contributed by atoms with van der Waals surface area (Å²) in [6.45, 7) is 2.73. The van der Waals surface area contributed by atoms with E-state index < -0.39 is 17.8 Å². The van der Waals surface area contributed by atoms with Crippen molar-refractivity contribution in [2.24, 2.45) is 0 Å². The quantitative estimate of drug-likeness (QED) is 0.895. The molecule has 2 unspecified atom stereocenters. The van der Waals surface area contributed by atoms with E-state index in [1.807, 2.05) is 0 Å². The predicted octanol–water partition coefficient (Wildman–Crippen LogP) is 2.80. The molecular weight excluding hydrogens is 309 g/mol. The van der Waals surface area contributed by atoms with Gasteiger partial charge in [0.15, 0.2) is 0 Å². The number of hydrogen-bond acceptors (Lipinski definition) is 2. The summed E-state index contributed by atoms with van der Waals surface area (Å²) < 4.78 is 37.5. The first-order valence-electron chi connectivity index (χ1n) is 7.65. The Balaban J connectivity index is 1.86. The van der Waals surface area contributed by atoms with Gasteiger partial charge in [-0.15, -0.1) is 0 Å². The maximum Gasteiger partial charge on any atom is 0.416 e. The first-order chi connectivity index (χ1) is 10.8. The molecule has 0 saturated carbocycles. The van der Waals surface area contributed by atoms with Crippen molar-refractivity contribution < 1.29 is 23.1 Å². The topological polar surface area (TPSA) is 52.6 Å². The zero-order valence-corrected chi connectivity index (χ0v) is 12.9. The number of alkyl halides is 3. The summed E-state index contributed by atoms with van der Waals surface area (Å²) >= 11 is 0. The Morgan fingerprint density at radius 2 is 2.04 bits per heavy atom. The molecule has 0 aromatic heterocycles. The van der Waals surface area contributed by atoms with Crippen LogP contribution in [0, 0.1) is 0 Å². The SMILES string of the molecule is CC(Cc1ccc(C(F)(F)F)cc1)NC(=O)N1CCCC(O)C1. The normalized spacial score (nSPS) is 20.2. The lowest BCUT2D eigenvalue weighted by Gasteiger charge is -2.31. The van der Waals surface area contributed by atoms with Gasteiger partial charge in [-0.25, -0.2) is 4.79 Å². The van der Waals surface area contributed by atoms with E-state index in [9.17, 15) is 23.1 Å².